The van der Waals surface area contributed by atoms with Gasteiger partial charge in [-0.25, -0.2) is 0 Å². The summed E-state index contributed by atoms with van der Waals surface area (Å²) in [6.45, 7) is 7.83. The lowest BCUT2D eigenvalue weighted by Gasteiger charge is -2.49. The molecule has 1 aliphatic heterocycles. The molecule has 19 heavy (non-hydrogen) atoms. The number of morpholine rings is 1. The smallest absolute Gasteiger partial charge is 0.305 e. The van der Waals surface area contributed by atoms with E-state index in [1.165, 1.54) is 12.8 Å². The number of hydrogen-bond acceptors (Lipinski definition) is 3. The van der Waals surface area contributed by atoms with Crippen LogP contribution in [0.25, 0.3) is 0 Å². The van der Waals surface area contributed by atoms with E-state index in [2.05, 4.69) is 18.7 Å². The molecule has 4 nitrogen and oxygen atoms in total. The summed E-state index contributed by atoms with van der Waals surface area (Å²) in [6, 6.07) is 0. The highest BCUT2D eigenvalue weighted by atomic mass is 16.5. The third kappa shape index (κ3) is 3.48. The Morgan fingerprint density at radius 3 is 2.37 bits per heavy atom. The van der Waals surface area contributed by atoms with E-state index in [9.17, 15) is 9.90 Å². The van der Waals surface area contributed by atoms with Gasteiger partial charge < -0.3 is 9.84 Å². The molecule has 2 fully saturated rings. The van der Waals surface area contributed by atoms with Crippen LogP contribution in [0.2, 0.25) is 0 Å². The molecule has 0 bridgehead atoms. The quantitative estimate of drug-likeness (QED) is 0.851. The van der Waals surface area contributed by atoms with Crippen molar-refractivity contribution < 1.29 is 14.6 Å². The Balaban J connectivity index is 2.06. The Kier molecular flexibility index (Phi) is 4.85. The summed E-state index contributed by atoms with van der Waals surface area (Å²) in [4.78, 5) is 13.7. The van der Waals surface area contributed by atoms with Crippen LogP contribution in [0.5, 0.6) is 0 Å². The molecule has 0 aromatic rings. The lowest BCUT2D eigenvalue weighted by atomic mass is 9.70. The van der Waals surface area contributed by atoms with Gasteiger partial charge in [0.2, 0.25) is 0 Å². The molecule has 4 heteroatoms. The molecule has 110 valence electrons. The van der Waals surface area contributed by atoms with E-state index in [1.807, 2.05) is 0 Å². The van der Waals surface area contributed by atoms with Gasteiger partial charge in [0.05, 0.1) is 19.6 Å². The first-order valence-electron chi connectivity index (χ1n) is 7.58. The molecule has 1 heterocycles. The number of nitrogens with zero attached hydrogens (tertiary/aromatic N) is 1. The Morgan fingerprint density at radius 2 is 1.89 bits per heavy atom. The largest absolute Gasteiger partial charge is 0.481 e. The van der Waals surface area contributed by atoms with Gasteiger partial charge >= 0.3 is 5.97 Å². The molecule has 1 aliphatic carbocycles. The van der Waals surface area contributed by atoms with Crippen LogP contribution in [-0.2, 0) is 9.53 Å². The van der Waals surface area contributed by atoms with Gasteiger partial charge in [0.1, 0.15) is 0 Å². The van der Waals surface area contributed by atoms with Gasteiger partial charge in [-0.15, -0.1) is 0 Å². The molecule has 0 aromatic carbocycles. The van der Waals surface area contributed by atoms with E-state index in [0.717, 1.165) is 45.1 Å². The predicted molar refractivity (Wildman–Crippen MR) is 74.2 cm³/mol. The van der Waals surface area contributed by atoms with Crippen molar-refractivity contribution in [2.75, 3.05) is 26.3 Å². The number of aliphatic carboxylic acids is 1. The maximum Gasteiger partial charge on any atom is 0.305 e. The molecule has 0 atom stereocenters. The molecule has 0 spiro atoms. The normalized spacial score (nSPS) is 33.5. The summed E-state index contributed by atoms with van der Waals surface area (Å²) in [5, 5.41) is 9.28. The Morgan fingerprint density at radius 1 is 1.32 bits per heavy atom. The first-order chi connectivity index (χ1) is 9.03. The van der Waals surface area contributed by atoms with Crippen molar-refractivity contribution in [3.8, 4) is 0 Å². The predicted octanol–water partition coefficient (Wildman–Crippen LogP) is 2.38. The molecule has 0 aromatic heterocycles. The molecule has 1 N–H and O–H groups in total. The third-order valence-electron chi connectivity index (χ3n) is 5.07. The highest BCUT2D eigenvalue weighted by molar-refractivity contribution is 5.68. The molecular weight excluding hydrogens is 242 g/mol. The van der Waals surface area contributed by atoms with Crippen molar-refractivity contribution in [1.82, 2.24) is 4.90 Å². The van der Waals surface area contributed by atoms with Crippen LogP contribution < -0.4 is 0 Å². The Bertz CT molecular complexity index is 303. The standard InChI is InChI=1S/C15H27NO3/c1-12(2)13-3-5-15(6-4-13,11-14(17)18)16-7-9-19-10-8-16/h12-13H,3-11H2,1-2H3,(H,17,18). The monoisotopic (exact) mass is 269 g/mol. The number of hydrogen-bond donors (Lipinski definition) is 1. The lowest BCUT2D eigenvalue weighted by molar-refractivity contribution is -0.143. The highest BCUT2D eigenvalue weighted by Gasteiger charge is 2.42. The van der Waals surface area contributed by atoms with Crippen LogP contribution in [0.1, 0.15) is 46.0 Å². The van der Waals surface area contributed by atoms with Crippen LogP contribution in [0.3, 0.4) is 0 Å². The minimum absolute atomic E-state index is 0.110. The summed E-state index contributed by atoms with van der Waals surface area (Å²) >= 11 is 0. The zero-order chi connectivity index (χ0) is 13.9. The fraction of sp³-hybridized carbons (Fsp3) is 0.933. The Hall–Kier alpha value is -0.610. The van der Waals surface area contributed by atoms with E-state index in [1.54, 1.807) is 0 Å². The molecule has 0 unspecified atom stereocenters. The maximum absolute atomic E-state index is 11.3. The van der Waals surface area contributed by atoms with Gasteiger partial charge in [-0.2, -0.15) is 0 Å². The van der Waals surface area contributed by atoms with Crippen molar-refractivity contribution in [3.05, 3.63) is 0 Å². The van der Waals surface area contributed by atoms with Crippen molar-refractivity contribution in [2.24, 2.45) is 11.8 Å². The second kappa shape index (κ2) is 6.23. The third-order valence-corrected chi connectivity index (χ3v) is 5.07. The van der Waals surface area contributed by atoms with Crippen LogP contribution >= 0.6 is 0 Å². The fourth-order valence-electron chi connectivity index (χ4n) is 3.77. The van der Waals surface area contributed by atoms with Crippen LogP contribution in [-0.4, -0.2) is 47.8 Å². The van der Waals surface area contributed by atoms with Gasteiger partial charge in [0, 0.05) is 18.6 Å². The summed E-state index contributed by atoms with van der Waals surface area (Å²) in [5.41, 5.74) is -0.110. The molecular formula is C15H27NO3. The summed E-state index contributed by atoms with van der Waals surface area (Å²) in [6.07, 6.45) is 4.69. The van der Waals surface area contributed by atoms with Crippen LogP contribution in [0.4, 0.5) is 0 Å². The van der Waals surface area contributed by atoms with Gasteiger partial charge in [-0.1, -0.05) is 13.8 Å². The molecule has 2 rings (SSSR count). The summed E-state index contributed by atoms with van der Waals surface area (Å²) in [5.74, 6) is 0.824. The fourth-order valence-corrected chi connectivity index (χ4v) is 3.77. The van der Waals surface area contributed by atoms with Crippen molar-refractivity contribution in [2.45, 2.75) is 51.5 Å². The molecule has 1 saturated heterocycles. The zero-order valence-electron chi connectivity index (χ0n) is 12.2. The topological polar surface area (TPSA) is 49.8 Å². The lowest BCUT2D eigenvalue weighted by Crippen LogP contribution is -2.56. The van der Waals surface area contributed by atoms with E-state index in [4.69, 9.17) is 4.74 Å². The highest BCUT2D eigenvalue weighted by Crippen LogP contribution is 2.41. The zero-order valence-corrected chi connectivity index (χ0v) is 12.2. The second-order valence-corrected chi connectivity index (χ2v) is 6.48. The number of carbonyl (C=O) groups is 1. The maximum atomic E-state index is 11.3. The van der Waals surface area contributed by atoms with Crippen molar-refractivity contribution in [1.29, 1.82) is 0 Å². The van der Waals surface area contributed by atoms with E-state index in [0.29, 0.717) is 5.92 Å². The van der Waals surface area contributed by atoms with Crippen LogP contribution in [0.15, 0.2) is 0 Å². The van der Waals surface area contributed by atoms with Gasteiger partial charge in [-0.05, 0) is 37.5 Å². The SMILES string of the molecule is CC(C)C1CCC(CC(=O)O)(N2CCOCC2)CC1. The average molecular weight is 269 g/mol. The van der Waals surface area contributed by atoms with Crippen LogP contribution in [0, 0.1) is 11.8 Å². The van der Waals surface area contributed by atoms with Gasteiger partial charge in [-0.3, -0.25) is 9.69 Å². The van der Waals surface area contributed by atoms with Crippen molar-refractivity contribution >= 4 is 5.97 Å². The second-order valence-electron chi connectivity index (χ2n) is 6.48. The number of rotatable bonds is 4. The van der Waals surface area contributed by atoms with Gasteiger partial charge in [0.25, 0.3) is 0 Å². The first-order valence-corrected chi connectivity index (χ1v) is 7.58. The van der Waals surface area contributed by atoms with E-state index >= 15 is 0 Å². The minimum Gasteiger partial charge on any atom is -0.481 e. The molecule has 0 amide bonds. The first kappa shape index (κ1) is 14.8. The average Bonchev–Trinajstić information content (AvgIpc) is 2.39. The Labute approximate surface area is 116 Å². The molecule has 2 aliphatic rings. The van der Waals surface area contributed by atoms with Gasteiger partial charge in [0.15, 0.2) is 0 Å². The van der Waals surface area contributed by atoms with E-state index < -0.39 is 5.97 Å². The molecule has 0 radical (unpaired) electrons. The minimum atomic E-state index is -0.658. The summed E-state index contributed by atoms with van der Waals surface area (Å²) in [7, 11) is 0. The molecule has 1 saturated carbocycles. The van der Waals surface area contributed by atoms with E-state index in [-0.39, 0.29) is 12.0 Å². The number of ether oxygens (including phenoxy) is 1. The number of carboxylic acid groups (broad SMARTS) is 1. The summed E-state index contributed by atoms with van der Waals surface area (Å²) < 4.78 is 5.41. The van der Waals surface area contributed by atoms with Crippen molar-refractivity contribution in [3.63, 3.8) is 0 Å². The number of carboxylic acids is 1.